The number of pyridine rings is 3. The molecule has 4 rings (SSSR count). The van der Waals surface area contributed by atoms with Crippen LogP contribution in [-0.4, -0.2) is 15.9 Å². The first-order chi connectivity index (χ1) is 13.9. The van der Waals surface area contributed by atoms with Crippen LogP contribution < -0.4 is 14.7 Å². The minimum atomic E-state index is -4.44. The van der Waals surface area contributed by atoms with Gasteiger partial charge < -0.3 is 5.32 Å². The average molecular weight is 399 g/mol. The molecule has 0 aliphatic rings. The van der Waals surface area contributed by atoms with Crippen LogP contribution in [-0.2, 0) is 12.7 Å². The molecule has 29 heavy (non-hydrogen) atoms. The van der Waals surface area contributed by atoms with E-state index in [1.807, 2.05) is 34.9 Å². The Hall–Kier alpha value is -3.75. The molecule has 0 radical (unpaired) electrons. The van der Waals surface area contributed by atoms with E-state index in [0.29, 0.717) is 16.9 Å². The Labute approximate surface area is 163 Å². The molecule has 0 bridgehead atoms. The van der Waals surface area contributed by atoms with Crippen molar-refractivity contribution in [3.8, 4) is 11.4 Å². The lowest BCUT2D eigenvalue weighted by Gasteiger charge is -2.07. The van der Waals surface area contributed by atoms with E-state index in [1.54, 1.807) is 18.5 Å². The van der Waals surface area contributed by atoms with Crippen LogP contribution in [0.1, 0.15) is 21.7 Å². The smallest absolute Gasteiger partial charge is 0.343 e. The maximum atomic E-state index is 12.7. The zero-order chi connectivity index (χ0) is 20.4. The zero-order valence-corrected chi connectivity index (χ0v) is 15.0. The lowest BCUT2D eigenvalue weighted by atomic mass is 10.2. The van der Waals surface area contributed by atoms with Gasteiger partial charge in [0.25, 0.3) is 11.7 Å². The Kier molecular flexibility index (Phi) is 4.71. The minimum absolute atomic E-state index is 0.00340. The fourth-order valence-electron chi connectivity index (χ4n) is 2.97. The molecule has 9 heteroatoms. The predicted octanol–water partition coefficient (Wildman–Crippen LogP) is 2.58. The number of carbonyl (C=O) groups is 1. The van der Waals surface area contributed by atoms with Gasteiger partial charge in [0.05, 0.1) is 24.0 Å². The second-order valence-corrected chi connectivity index (χ2v) is 6.32. The Morgan fingerprint density at radius 2 is 2.03 bits per heavy atom. The number of hydrogen-bond donors (Lipinski definition) is 2. The summed E-state index contributed by atoms with van der Waals surface area (Å²) in [6, 6.07) is 11.4. The third-order valence-corrected chi connectivity index (χ3v) is 4.39. The van der Waals surface area contributed by atoms with E-state index in [2.05, 4.69) is 20.3 Å². The van der Waals surface area contributed by atoms with Gasteiger partial charge in [-0.15, -0.1) is 0 Å². The lowest BCUT2D eigenvalue weighted by Crippen LogP contribution is -2.25. The maximum Gasteiger partial charge on any atom is 0.417 e. The van der Waals surface area contributed by atoms with Gasteiger partial charge in [0.2, 0.25) is 5.69 Å². The van der Waals surface area contributed by atoms with E-state index in [1.165, 1.54) is 6.07 Å². The molecule has 0 fully saturated rings. The van der Waals surface area contributed by atoms with Crippen LogP contribution in [0.5, 0.6) is 0 Å². The van der Waals surface area contributed by atoms with Gasteiger partial charge in [-0.3, -0.25) is 9.78 Å². The van der Waals surface area contributed by atoms with Crippen molar-refractivity contribution < 1.29 is 27.4 Å². The molecule has 4 aromatic heterocycles. The van der Waals surface area contributed by atoms with Gasteiger partial charge in [-0.05, 0) is 30.3 Å². The van der Waals surface area contributed by atoms with E-state index in [4.69, 9.17) is 0 Å². The summed E-state index contributed by atoms with van der Waals surface area (Å²) in [7, 11) is 0. The molecular formula is C20H16F3N5O+2. The summed E-state index contributed by atoms with van der Waals surface area (Å²) in [5.74, 6) is 0.330. The van der Waals surface area contributed by atoms with Crippen molar-refractivity contribution in [1.82, 2.24) is 15.3 Å². The molecule has 6 nitrogen and oxygen atoms in total. The van der Waals surface area contributed by atoms with Crippen LogP contribution in [0.25, 0.3) is 16.9 Å². The van der Waals surface area contributed by atoms with Gasteiger partial charge in [-0.1, -0.05) is 6.07 Å². The minimum Gasteiger partial charge on any atom is -0.343 e. The molecule has 0 aromatic carbocycles. The number of aromatic nitrogens is 4. The summed E-state index contributed by atoms with van der Waals surface area (Å²) in [5.41, 5.74) is 1.37. The van der Waals surface area contributed by atoms with Crippen LogP contribution in [0.3, 0.4) is 0 Å². The molecule has 0 unspecified atom stereocenters. The number of rotatable bonds is 4. The summed E-state index contributed by atoms with van der Waals surface area (Å²) in [4.78, 5) is 22.6. The number of alkyl halides is 3. The topological polar surface area (TPSA) is 76.0 Å². The Balaban J connectivity index is 1.58. The van der Waals surface area contributed by atoms with Crippen LogP contribution >= 0.6 is 0 Å². The van der Waals surface area contributed by atoms with Crippen LogP contribution in [0.15, 0.2) is 67.3 Å². The van der Waals surface area contributed by atoms with Crippen molar-refractivity contribution in [2.75, 3.05) is 0 Å². The molecule has 3 N–H and O–H groups in total. The molecule has 1 amide bonds. The van der Waals surface area contributed by atoms with E-state index in [0.717, 1.165) is 23.7 Å². The lowest BCUT2D eigenvalue weighted by molar-refractivity contribution is -0.499. The maximum absolute atomic E-state index is 12.7. The standard InChI is InChI=1S/C20H14F3N5O/c21-20(22,23)14-6-7-15(25-11-14)12-26-19(29)17-16-5-1-2-9-28(16)18(27-17)13-4-3-8-24-10-13/h1-11H,12H2,(H,26,29)/p+2. The SMILES string of the molecule is O=C(NCc1ccc(C(F)(F)F)cn1)c1[nH]c(-c2ccc[nH+]c2)[n+]2ccccc12. The predicted molar refractivity (Wildman–Crippen MR) is 96.4 cm³/mol. The molecule has 0 atom stereocenters. The number of hydrogen-bond acceptors (Lipinski definition) is 2. The van der Waals surface area contributed by atoms with E-state index < -0.39 is 11.7 Å². The van der Waals surface area contributed by atoms with Gasteiger partial charge in [0.15, 0.2) is 17.9 Å². The molecule has 0 aliphatic heterocycles. The van der Waals surface area contributed by atoms with E-state index in [9.17, 15) is 18.0 Å². The van der Waals surface area contributed by atoms with Crippen LogP contribution in [0.4, 0.5) is 13.2 Å². The molecular weight excluding hydrogens is 383 g/mol. The van der Waals surface area contributed by atoms with E-state index in [-0.39, 0.29) is 12.5 Å². The monoisotopic (exact) mass is 399 g/mol. The second-order valence-electron chi connectivity index (χ2n) is 6.32. The molecule has 0 saturated carbocycles. The van der Waals surface area contributed by atoms with Crippen molar-refractivity contribution in [3.63, 3.8) is 0 Å². The van der Waals surface area contributed by atoms with E-state index >= 15 is 0 Å². The number of nitrogens with one attached hydrogen (secondary N) is 3. The van der Waals surface area contributed by atoms with Crippen molar-refractivity contribution in [3.05, 3.63) is 84.2 Å². The zero-order valence-electron chi connectivity index (χ0n) is 15.0. The first kappa shape index (κ1) is 18.6. The van der Waals surface area contributed by atoms with Crippen molar-refractivity contribution in [2.24, 2.45) is 0 Å². The number of carbonyl (C=O) groups excluding carboxylic acids is 1. The summed E-state index contributed by atoms with van der Waals surface area (Å²) in [6.45, 7) is 0.00340. The van der Waals surface area contributed by atoms with Gasteiger partial charge >= 0.3 is 6.18 Å². The molecule has 4 aromatic rings. The molecule has 0 aliphatic carbocycles. The molecule has 0 spiro atoms. The first-order valence-electron chi connectivity index (χ1n) is 8.72. The summed E-state index contributed by atoms with van der Waals surface area (Å²) in [5, 5.41) is 2.70. The van der Waals surface area contributed by atoms with Gasteiger partial charge in [-0.2, -0.15) is 17.6 Å². The van der Waals surface area contributed by atoms with Crippen molar-refractivity contribution in [2.45, 2.75) is 12.7 Å². The highest BCUT2D eigenvalue weighted by Gasteiger charge is 2.30. The third-order valence-electron chi connectivity index (χ3n) is 4.39. The fraction of sp³-hybridized carbons (Fsp3) is 0.100. The summed E-state index contributed by atoms with van der Waals surface area (Å²) in [6.07, 6.45) is 1.73. The summed E-state index contributed by atoms with van der Waals surface area (Å²) >= 11 is 0. The number of imidazole rings is 1. The summed E-state index contributed by atoms with van der Waals surface area (Å²) < 4.78 is 39.7. The van der Waals surface area contributed by atoms with Crippen molar-refractivity contribution >= 4 is 11.4 Å². The normalized spacial score (nSPS) is 11.6. The van der Waals surface area contributed by atoms with Gasteiger partial charge in [0.1, 0.15) is 5.56 Å². The number of nitrogens with zero attached hydrogens (tertiary/aromatic N) is 2. The number of H-pyrrole nitrogens is 2. The number of fused-ring (bicyclic) bond motifs is 1. The Morgan fingerprint density at radius 1 is 1.17 bits per heavy atom. The third kappa shape index (κ3) is 3.79. The molecule has 4 heterocycles. The number of halogens is 3. The van der Waals surface area contributed by atoms with Crippen LogP contribution in [0.2, 0.25) is 0 Å². The largest absolute Gasteiger partial charge is 0.417 e. The highest BCUT2D eigenvalue weighted by atomic mass is 19.4. The van der Waals surface area contributed by atoms with Crippen molar-refractivity contribution in [1.29, 1.82) is 0 Å². The second kappa shape index (κ2) is 7.34. The molecule has 146 valence electrons. The molecule has 0 saturated heterocycles. The highest BCUT2D eigenvalue weighted by molar-refractivity contribution is 5.98. The first-order valence-corrected chi connectivity index (χ1v) is 8.72. The van der Waals surface area contributed by atoms with Gasteiger partial charge in [-0.25, -0.2) is 9.97 Å². The highest BCUT2D eigenvalue weighted by Crippen LogP contribution is 2.28. The fourth-order valence-corrected chi connectivity index (χ4v) is 2.97. The Bertz CT molecular complexity index is 1150. The number of aromatic amines is 2. The Morgan fingerprint density at radius 3 is 2.72 bits per heavy atom. The van der Waals surface area contributed by atoms with Gasteiger partial charge in [0, 0.05) is 12.3 Å². The average Bonchev–Trinajstić information content (AvgIpc) is 3.12. The quantitative estimate of drug-likeness (QED) is 0.518. The number of amides is 1. The van der Waals surface area contributed by atoms with Crippen LogP contribution in [0, 0.1) is 0 Å².